The van der Waals surface area contributed by atoms with Gasteiger partial charge in [0.25, 0.3) is 0 Å². The molecule has 0 aliphatic carbocycles. The maximum Gasteiger partial charge on any atom is 0.117 e. The first-order valence-corrected chi connectivity index (χ1v) is 6.65. The van der Waals surface area contributed by atoms with E-state index in [0.717, 1.165) is 22.6 Å². The zero-order valence-electron chi connectivity index (χ0n) is 9.63. The van der Waals surface area contributed by atoms with Gasteiger partial charge in [0, 0.05) is 11.0 Å². The Morgan fingerprint density at radius 1 is 1.11 bits per heavy atom. The van der Waals surface area contributed by atoms with E-state index >= 15 is 0 Å². The first-order valence-electron chi connectivity index (χ1n) is 5.67. The fourth-order valence-electron chi connectivity index (χ4n) is 1.79. The summed E-state index contributed by atoms with van der Waals surface area (Å²) in [5.74, 6) is 1.97. The van der Waals surface area contributed by atoms with Crippen LogP contribution < -0.4 is 0 Å². The molecule has 2 N–H and O–H groups in total. The SMILES string of the molecule is Oc1ccc2nc(CSc3ccccc3)[nH]c2c1. The van der Waals surface area contributed by atoms with Gasteiger partial charge in [-0.2, -0.15) is 0 Å². The number of aromatic hydroxyl groups is 1. The normalized spacial score (nSPS) is 10.9. The first kappa shape index (κ1) is 11.2. The zero-order chi connectivity index (χ0) is 12.4. The molecule has 4 heteroatoms. The van der Waals surface area contributed by atoms with Gasteiger partial charge in [-0.15, -0.1) is 11.8 Å². The van der Waals surface area contributed by atoms with Gasteiger partial charge in [-0.3, -0.25) is 0 Å². The van der Waals surface area contributed by atoms with Crippen LogP contribution in [0.4, 0.5) is 0 Å². The minimum Gasteiger partial charge on any atom is -0.508 e. The van der Waals surface area contributed by atoms with Crippen LogP contribution in [-0.4, -0.2) is 15.1 Å². The average molecular weight is 256 g/mol. The molecule has 0 saturated carbocycles. The molecular formula is C14H12N2OS. The van der Waals surface area contributed by atoms with Gasteiger partial charge in [0.05, 0.1) is 16.8 Å². The molecule has 0 saturated heterocycles. The van der Waals surface area contributed by atoms with Gasteiger partial charge in [0.1, 0.15) is 11.6 Å². The molecule has 0 fully saturated rings. The number of benzene rings is 2. The summed E-state index contributed by atoms with van der Waals surface area (Å²) in [7, 11) is 0. The fraction of sp³-hybridized carbons (Fsp3) is 0.0714. The van der Waals surface area contributed by atoms with Crippen molar-refractivity contribution in [1.29, 1.82) is 0 Å². The number of rotatable bonds is 3. The van der Waals surface area contributed by atoms with Crippen molar-refractivity contribution >= 4 is 22.8 Å². The predicted octanol–water partition coefficient (Wildman–Crippen LogP) is 3.56. The monoisotopic (exact) mass is 256 g/mol. The lowest BCUT2D eigenvalue weighted by Crippen LogP contribution is -1.82. The van der Waals surface area contributed by atoms with Gasteiger partial charge in [-0.1, -0.05) is 18.2 Å². The van der Waals surface area contributed by atoms with Gasteiger partial charge < -0.3 is 10.1 Å². The molecule has 3 nitrogen and oxygen atoms in total. The van der Waals surface area contributed by atoms with E-state index in [1.165, 1.54) is 4.90 Å². The van der Waals surface area contributed by atoms with Crippen LogP contribution in [-0.2, 0) is 5.75 Å². The standard InChI is InChI=1S/C14H12N2OS/c17-10-6-7-12-13(8-10)16-14(15-12)9-18-11-4-2-1-3-5-11/h1-8,17H,9H2,(H,15,16). The largest absolute Gasteiger partial charge is 0.508 e. The Balaban J connectivity index is 1.79. The maximum absolute atomic E-state index is 9.39. The number of nitrogens with zero attached hydrogens (tertiary/aromatic N) is 1. The van der Waals surface area contributed by atoms with Crippen LogP contribution in [0.25, 0.3) is 11.0 Å². The third-order valence-electron chi connectivity index (χ3n) is 2.63. The van der Waals surface area contributed by atoms with Crippen LogP contribution in [0.5, 0.6) is 5.75 Å². The number of aromatic nitrogens is 2. The van der Waals surface area contributed by atoms with E-state index in [1.54, 1.807) is 23.9 Å². The van der Waals surface area contributed by atoms with Gasteiger partial charge in [0.2, 0.25) is 0 Å². The van der Waals surface area contributed by atoms with Crippen molar-refractivity contribution in [3.05, 3.63) is 54.4 Å². The average Bonchev–Trinajstić information content (AvgIpc) is 2.79. The molecule has 3 aromatic rings. The van der Waals surface area contributed by atoms with E-state index < -0.39 is 0 Å². The number of hydrogen-bond acceptors (Lipinski definition) is 3. The summed E-state index contributed by atoms with van der Waals surface area (Å²) in [5, 5.41) is 9.39. The van der Waals surface area contributed by atoms with Crippen LogP contribution in [0.15, 0.2) is 53.4 Å². The third-order valence-corrected chi connectivity index (χ3v) is 3.66. The maximum atomic E-state index is 9.39. The summed E-state index contributed by atoms with van der Waals surface area (Å²) in [4.78, 5) is 8.92. The number of fused-ring (bicyclic) bond motifs is 1. The van der Waals surface area contributed by atoms with E-state index in [0.29, 0.717) is 0 Å². The number of imidazole rings is 1. The van der Waals surface area contributed by atoms with Crippen LogP contribution in [0.2, 0.25) is 0 Å². The Labute approximate surface area is 109 Å². The van der Waals surface area contributed by atoms with Crippen molar-refractivity contribution in [1.82, 2.24) is 9.97 Å². The van der Waals surface area contributed by atoms with Crippen molar-refractivity contribution < 1.29 is 5.11 Å². The lowest BCUT2D eigenvalue weighted by Gasteiger charge is -1.97. The Bertz CT molecular complexity index is 664. The van der Waals surface area contributed by atoms with E-state index in [9.17, 15) is 5.11 Å². The Hall–Kier alpha value is -1.94. The van der Waals surface area contributed by atoms with Crippen molar-refractivity contribution in [3.8, 4) is 5.75 Å². The molecule has 0 amide bonds. The summed E-state index contributed by atoms with van der Waals surface area (Å²) < 4.78 is 0. The second-order valence-corrected chi connectivity index (χ2v) is 5.04. The second-order valence-electron chi connectivity index (χ2n) is 3.99. The summed E-state index contributed by atoms with van der Waals surface area (Å²) >= 11 is 1.74. The van der Waals surface area contributed by atoms with E-state index in [2.05, 4.69) is 22.1 Å². The molecule has 2 aromatic carbocycles. The lowest BCUT2D eigenvalue weighted by molar-refractivity contribution is 0.476. The predicted molar refractivity (Wildman–Crippen MR) is 73.8 cm³/mol. The number of aromatic amines is 1. The molecule has 1 aromatic heterocycles. The molecule has 0 radical (unpaired) electrons. The minimum atomic E-state index is 0.258. The zero-order valence-corrected chi connectivity index (χ0v) is 10.4. The van der Waals surface area contributed by atoms with E-state index in [4.69, 9.17) is 0 Å². The van der Waals surface area contributed by atoms with Crippen molar-refractivity contribution in [2.24, 2.45) is 0 Å². The number of hydrogen-bond donors (Lipinski definition) is 2. The second kappa shape index (κ2) is 4.74. The summed E-state index contributed by atoms with van der Waals surface area (Å²) in [5.41, 5.74) is 1.76. The Kier molecular flexibility index (Phi) is 2.94. The molecule has 90 valence electrons. The van der Waals surface area contributed by atoms with Gasteiger partial charge >= 0.3 is 0 Å². The molecule has 0 aliphatic rings. The summed E-state index contributed by atoms with van der Waals surface area (Å²) in [6.45, 7) is 0. The molecule has 0 spiro atoms. The quantitative estimate of drug-likeness (QED) is 0.704. The highest BCUT2D eigenvalue weighted by atomic mass is 32.2. The van der Waals surface area contributed by atoms with Crippen molar-refractivity contribution in [2.45, 2.75) is 10.6 Å². The molecule has 18 heavy (non-hydrogen) atoms. The van der Waals surface area contributed by atoms with Crippen LogP contribution >= 0.6 is 11.8 Å². The molecule has 0 unspecified atom stereocenters. The van der Waals surface area contributed by atoms with E-state index in [-0.39, 0.29) is 5.75 Å². The molecule has 0 aliphatic heterocycles. The summed E-state index contributed by atoms with van der Waals surface area (Å²) in [6, 6.07) is 15.4. The van der Waals surface area contributed by atoms with Crippen molar-refractivity contribution in [2.75, 3.05) is 0 Å². The van der Waals surface area contributed by atoms with Gasteiger partial charge in [-0.05, 0) is 24.3 Å². The Morgan fingerprint density at radius 2 is 1.94 bits per heavy atom. The molecule has 0 bridgehead atoms. The highest BCUT2D eigenvalue weighted by Gasteiger charge is 2.04. The number of nitrogens with one attached hydrogen (secondary N) is 1. The number of phenolic OH excluding ortho intramolecular Hbond substituents is 1. The molecule has 0 atom stereocenters. The smallest absolute Gasteiger partial charge is 0.117 e. The van der Waals surface area contributed by atoms with Crippen LogP contribution in [0.3, 0.4) is 0 Å². The molecule has 1 heterocycles. The third kappa shape index (κ3) is 2.33. The first-order chi connectivity index (χ1) is 8.81. The lowest BCUT2D eigenvalue weighted by atomic mass is 10.3. The number of H-pyrrole nitrogens is 1. The number of thioether (sulfide) groups is 1. The van der Waals surface area contributed by atoms with Gasteiger partial charge in [-0.25, -0.2) is 4.98 Å². The topological polar surface area (TPSA) is 48.9 Å². The van der Waals surface area contributed by atoms with E-state index in [1.807, 2.05) is 24.3 Å². The fourth-order valence-corrected chi connectivity index (χ4v) is 2.58. The highest BCUT2D eigenvalue weighted by molar-refractivity contribution is 7.98. The van der Waals surface area contributed by atoms with Gasteiger partial charge in [0.15, 0.2) is 0 Å². The number of phenols is 1. The molecular weight excluding hydrogens is 244 g/mol. The van der Waals surface area contributed by atoms with Crippen LogP contribution in [0.1, 0.15) is 5.82 Å². The highest BCUT2D eigenvalue weighted by Crippen LogP contribution is 2.23. The Morgan fingerprint density at radius 3 is 2.78 bits per heavy atom. The minimum absolute atomic E-state index is 0.258. The molecule has 3 rings (SSSR count). The van der Waals surface area contributed by atoms with Crippen molar-refractivity contribution in [3.63, 3.8) is 0 Å². The van der Waals surface area contributed by atoms with Crippen LogP contribution in [0, 0.1) is 0 Å². The summed E-state index contributed by atoms with van der Waals surface area (Å²) in [6.07, 6.45) is 0.